The molecule has 11 nitrogen and oxygen atoms in total. The van der Waals surface area contributed by atoms with Crippen LogP contribution in [0, 0.1) is 12.8 Å². The molecular formula is C44H60N8O3. The normalized spacial score (nSPS) is 13.5. The fourth-order valence-corrected chi connectivity index (χ4v) is 7.35. The van der Waals surface area contributed by atoms with E-state index < -0.39 is 6.09 Å². The Morgan fingerprint density at radius 3 is 2.49 bits per heavy atom. The quantitative estimate of drug-likeness (QED) is 0.0566. The molecule has 0 aliphatic heterocycles. The summed E-state index contributed by atoms with van der Waals surface area (Å²) >= 11 is 0. The molecule has 2 heterocycles. The summed E-state index contributed by atoms with van der Waals surface area (Å²) < 4.78 is 4.91. The van der Waals surface area contributed by atoms with Crippen molar-refractivity contribution in [3.63, 3.8) is 0 Å². The van der Waals surface area contributed by atoms with Gasteiger partial charge in [0.05, 0.1) is 31.2 Å². The summed E-state index contributed by atoms with van der Waals surface area (Å²) in [4.78, 5) is 43.1. The number of aromatic amines is 2. The number of benzene rings is 3. The van der Waals surface area contributed by atoms with E-state index in [9.17, 15) is 9.59 Å². The predicted molar refractivity (Wildman–Crippen MR) is 224 cm³/mol. The van der Waals surface area contributed by atoms with Gasteiger partial charge in [-0.3, -0.25) is 4.79 Å². The Morgan fingerprint density at radius 1 is 1.00 bits per heavy atom. The molecule has 3 atom stereocenters. The van der Waals surface area contributed by atoms with E-state index in [-0.39, 0.29) is 36.2 Å². The van der Waals surface area contributed by atoms with Crippen molar-refractivity contribution in [1.29, 1.82) is 0 Å². The Labute approximate surface area is 325 Å². The third-order valence-corrected chi connectivity index (χ3v) is 10.6. The number of ether oxygens (including phenoxy) is 1. The first-order valence-corrected chi connectivity index (χ1v) is 19.9. The highest BCUT2D eigenvalue weighted by atomic mass is 16.5. The molecule has 5 aromatic rings. The fraction of sp³-hybridized carbons (Fsp3) is 0.455. The molecule has 0 spiro atoms. The minimum Gasteiger partial charge on any atom is -0.453 e. The number of nitrogens with zero attached hydrogens (tertiary/aromatic N) is 3. The number of carbonyl (C=O) groups excluding carboxylic acids is 2. The van der Waals surface area contributed by atoms with Crippen molar-refractivity contribution < 1.29 is 14.3 Å². The Bertz CT molecular complexity index is 2060. The molecule has 0 aliphatic rings. The minimum absolute atomic E-state index is 0.00316. The van der Waals surface area contributed by atoms with Crippen LogP contribution in [-0.4, -0.2) is 69.6 Å². The van der Waals surface area contributed by atoms with E-state index in [0.717, 1.165) is 88.8 Å². The van der Waals surface area contributed by atoms with Gasteiger partial charge in [-0.25, -0.2) is 14.8 Å². The molecule has 2 amide bonds. The number of methoxy groups -OCH3 is 1. The monoisotopic (exact) mass is 748 g/mol. The van der Waals surface area contributed by atoms with Gasteiger partial charge < -0.3 is 36.4 Å². The SMILES string of the molecule is CCCC(/C=C\c1cc(-c2ccc3c(ccc4nc([C@H](CCCN)CC(NC(=O)OC)C(C)C)[nH]c43)c2)ccc1C)c1cnc(CN(CCC)C(=O)CN)[nH]1. The number of carbonyl (C=O) groups is 2. The van der Waals surface area contributed by atoms with Gasteiger partial charge in [0, 0.05) is 41.7 Å². The zero-order valence-electron chi connectivity index (χ0n) is 33.5. The van der Waals surface area contributed by atoms with Gasteiger partial charge in [-0.15, -0.1) is 0 Å². The van der Waals surface area contributed by atoms with E-state index in [2.05, 4.69) is 116 Å². The number of alkyl carbamates (subject to hydrolysis) is 1. The lowest BCUT2D eigenvalue weighted by Gasteiger charge is -2.26. The number of H-pyrrole nitrogens is 2. The van der Waals surface area contributed by atoms with Gasteiger partial charge in [0.2, 0.25) is 5.91 Å². The lowest BCUT2D eigenvalue weighted by Crippen LogP contribution is -2.39. The second-order valence-corrected chi connectivity index (χ2v) is 15.0. The average Bonchev–Trinajstić information content (AvgIpc) is 3.85. The number of hydrogen-bond acceptors (Lipinski definition) is 7. The van der Waals surface area contributed by atoms with Gasteiger partial charge in [-0.2, -0.15) is 0 Å². The first-order valence-electron chi connectivity index (χ1n) is 19.9. The molecule has 3 aromatic carbocycles. The van der Waals surface area contributed by atoms with E-state index >= 15 is 0 Å². The summed E-state index contributed by atoms with van der Waals surface area (Å²) in [6.07, 6.45) is 11.3. The minimum atomic E-state index is -0.419. The van der Waals surface area contributed by atoms with E-state index in [4.69, 9.17) is 21.2 Å². The molecule has 11 heteroatoms. The molecule has 7 N–H and O–H groups in total. The Kier molecular flexibility index (Phi) is 14.6. The molecule has 0 saturated carbocycles. The smallest absolute Gasteiger partial charge is 0.407 e. The second-order valence-electron chi connectivity index (χ2n) is 15.0. The van der Waals surface area contributed by atoms with Gasteiger partial charge in [0.1, 0.15) is 11.6 Å². The molecule has 294 valence electrons. The first kappa shape index (κ1) is 41.2. The Morgan fingerprint density at radius 2 is 1.78 bits per heavy atom. The third kappa shape index (κ3) is 10.4. The van der Waals surface area contributed by atoms with Crippen molar-refractivity contribution in [3.05, 3.63) is 89.3 Å². The summed E-state index contributed by atoms with van der Waals surface area (Å²) in [5.74, 6) is 2.12. The number of allylic oxidation sites excluding steroid dienone is 1. The number of imidazole rings is 2. The van der Waals surface area contributed by atoms with Crippen LogP contribution in [0.15, 0.2) is 60.8 Å². The Balaban J connectivity index is 1.39. The average molecular weight is 749 g/mol. The van der Waals surface area contributed by atoms with Crippen LogP contribution in [0.1, 0.15) is 107 Å². The highest BCUT2D eigenvalue weighted by Gasteiger charge is 2.25. The molecule has 0 fully saturated rings. The molecule has 0 saturated heterocycles. The number of fused-ring (bicyclic) bond motifs is 3. The van der Waals surface area contributed by atoms with Crippen LogP contribution in [0.2, 0.25) is 0 Å². The van der Waals surface area contributed by atoms with Gasteiger partial charge in [-0.05, 0) is 97.3 Å². The number of aryl methyl sites for hydroxylation is 1. The molecule has 0 radical (unpaired) electrons. The van der Waals surface area contributed by atoms with E-state index in [1.54, 1.807) is 4.90 Å². The molecule has 0 bridgehead atoms. The maximum atomic E-state index is 12.3. The molecule has 2 aromatic heterocycles. The summed E-state index contributed by atoms with van der Waals surface area (Å²) in [5, 5.41) is 5.27. The van der Waals surface area contributed by atoms with Crippen molar-refractivity contribution in [1.82, 2.24) is 30.2 Å². The van der Waals surface area contributed by atoms with Crippen molar-refractivity contribution in [3.8, 4) is 11.1 Å². The number of hydrogen-bond donors (Lipinski definition) is 5. The maximum Gasteiger partial charge on any atom is 0.407 e. The van der Waals surface area contributed by atoms with Gasteiger partial charge in [0.15, 0.2) is 0 Å². The van der Waals surface area contributed by atoms with Gasteiger partial charge in [0.25, 0.3) is 0 Å². The second kappa shape index (κ2) is 19.5. The van der Waals surface area contributed by atoms with Crippen LogP contribution < -0.4 is 16.8 Å². The number of nitrogens with one attached hydrogen (secondary N) is 3. The summed E-state index contributed by atoms with van der Waals surface area (Å²) in [6, 6.07) is 17.4. The van der Waals surface area contributed by atoms with E-state index in [1.807, 2.05) is 6.20 Å². The zero-order valence-corrected chi connectivity index (χ0v) is 33.5. The molecule has 2 unspecified atom stereocenters. The Hall–Kier alpha value is -5.00. The van der Waals surface area contributed by atoms with Crippen LogP contribution in [0.5, 0.6) is 0 Å². The number of nitrogens with two attached hydrogens (primary N) is 2. The maximum absolute atomic E-state index is 12.3. The third-order valence-electron chi connectivity index (χ3n) is 10.6. The highest BCUT2D eigenvalue weighted by molar-refractivity contribution is 6.05. The zero-order chi connectivity index (χ0) is 39.5. The summed E-state index contributed by atoms with van der Waals surface area (Å²) in [7, 11) is 1.39. The van der Waals surface area contributed by atoms with Crippen LogP contribution in [0.3, 0.4) is 0 Å². The van der Waals surface area contributed by atoms with E-state index in [1.165, 1.54) is 18.2 Å². The number of rotatable bonds is 19. The standard InChI is InChI=1S/C44H60N8O3/c1-7-10-30(39-26-47-40(48-39)27-52(21-8-2)41(53)25-46)14-15-31-22-32(13-12-29(31)5)33-16-18-36-34(23-33)17-19-37-42(36)51-43(49-37)35(11-9-20-45)24-38(28(3)4)50-44(54)55-6/h12-19,22-23,26,28,30,35,38H,7-11,20-21,24-25,27,45-46H2,1-6H3,(H,47,48)(H,49,51)(H,50,54)/b15-14-/t30?,35-,38?/m1/s1. The van der Waals surface area contributed by atoms with Crippen molar-refractivity contribution in [2.24, 2.45) is 17.4 Å². The predicted octanol–water partition coefficient (Wildman–Crippen LogP) is 8.30. The molecule has 0 aliphatic carbocycles. The van der Waals surface area contributed by atoms with Crippen molar-refractivity contribution >= 4 is 39.9 Å². The number of amides is 2. The topological polar surface area (TPSA) is 168 Å². The number of aromatic nitrogens is 4. The van der Waals surface area contributed by atoms with Crippen molar-refractivity contribution in [2.45, 2.75) is 97.6 Å². The van der Waals surface area contributed by atoms with Crippen molar-refractivity contribution in [2.75, 3.05) is 26.7 Å². The largest absolute Gasteiger partial charge is 0.453 e. The lowest BCUT2D eigenvalue weighted by molar-refractivity contribution is -0.130. The fourth-order valence-electron chi connectivity index (χ4n) is 7.35. The molecule has 55 heavy (non-hydrogen) atoms. The summed E-state index contributed by atoms with van der Waals surface area (Å²) in [6.45, 7) is 12.3. The van der Waals surface area contributed by atoms with Crippen LogP contribution in [0.25, 0.3) is 39.0 Å². The highest BCUT2D eigenvalue weighted by Crippen LogP contribution is 2.34. The lowest BCUT2D eigenvalue weighted by atomic mass is 9.89. The summed E-state index contributed by atoms with van der Waals surface area (Å²) in [5.41, 5.74) is 19.2. The van der Waals surface area contributed by atoms with Crippen LogP contribution in [-0.2, 0) is 16.1 Å². The van der Waals surface area contributed by atoms with Crippen LogP contribution in [0.4, 0.5) is 4.79 Å². The van der Waals surface area contributed by atoms with Crippen LogP contribution >= 0.6 is 0 Å². The van der Waals surface area contributed by atoms with E-state index in [0.29, 0.717) is 19.6 Å². The molecular weight excluding hydrogens is 689 g/mol. The van der Waals surface area contributed by atoms with Gasteiger partial charge >= 0.3 is 6.09 Å². The molecule has 5 rings (SSSR count). The van der Waals surface area contributed by atoms with Gasteiger partial charge in [-0.1, -0.05) is 76.6 Å². The first-order chi connectivity index (χ1) is 26.6.